The second kappa shape index (κ2) is 8.17. The standard InChI is InChI=1S/C15H20N2O2/c1-4-9-16-15(18)12-17(3)10-11-19-14-7-5-13(2)6-8-14/h1,5-8H,9-12H2,2-3H3,(H,16,18). The van der Waals surface area contributed by atoms with E-state index in [9.17, 15) is 4.79 Å². The Hall–Kier alpha value is -1.99. The molecule has 19 heavy (non-hydrogen) atoms. The summed E-state index contributed by atoms with van der Waals surface area (Å²) in [6, 6.07) is 7.89. The predicted octanol–water partition coefficient (Wildman–Crippen LogP) is 1.06. The molecule has 102 valence electrons. The molecule has 0 spiro atoms. The van der Waals surface area contributed by atoms with Gasteiger partial charge in [0.2, 0.25) is 5.91 Å². The highest BCUT2D eigenvalue weighted by Crippen LogP contribution is 2.10. The summed E-state index contributed by atoms with van der Waals surface area (Å²) in [5.74, 6) is 3.14. The van der Waals surface area contributed by atoms with E-state index in [0.29, 0.717) is 19.7 Å². The van der Waals surface area contributed by atoms with Gasteiger partial charge in [0.1, 0.15) is 12.4 Å². The van der Waals surface area contributed by atoms with Crippen molar-refractivity contribution in [3.05, 3.63) is 29.8 Å². The maximum Gasteiger partial charge on any atom is 0.234 e. The van der Waals surface area contributed by atoms with E-state index in [1.165, 1.54) is 5.56 Å². The third kappa shape index (κ3) is 6.49. The maximum atomic E-state index is 11.4. The Balaban J connectivity index is 2.20. The molecule has 0 saturated carbocycles. The minimum absolute atomic E-state index is 0.0733. The molecule has 0 bridgehead atoms. The summed E-state index contributed by atoms with van der Waals surface area (Å²) in [6.45, 7) is 3.84. The van der Waals surface area contributed by atoms with Gasteiger partial charge in [0.15, 0.2) is 0 Å². The number of hydrogen-bond acceptors (Lipinski definition) is 3. The van der Waals surface area contributed by atoms with Crippen LogP contribution in [-0.4, -0.2) is 44.1 Å². The highest BCUT2D eigenvalue weighted by Gasteiger charge is 2.05. The number of rotatable bonds is 7. The van der Waals surface area contributed by atoms with Crippen molar-refractivity contribution >= 4 is 5.91 Å². The molecule has 4 nitrogen and oxygen atoms in total. The van der Waals surface area contributed by atoms with Crippen molar-refractivity contribution in [2.45, 2.75) is 6.92 Å². The molecule has 0 aliphatic heterocycles. The molecule has 0 aromatic heterocycles. The van der Waals surface area contributed by atoms with Crippen LogP contribution >= 0.6 is 0 Å². The van der Waals surface area contributed by atoms with Crippen molar-refractivity contribution in [1.29, 1.82) is 0 Å². The molecule has 0 aliphatic rings. The topological polar surface area (TPSA) is 41.6 Å². The number of likely N-dealkylation sites (N-methyl/N-ethyl adjacent to an activating group) is 1. The lowest BCUT2D eigenvalue weighted by molar-refractivity contribution is -0.121. The summed E-state index contributed by atoms with van der Waals surface area (Å²) in [6.07, 6.45) is 5.06. The molecular weight excluding hydrogens is 240 g/mol. The van der Waals surface area contributed by atoms with E-state index in [0.717, 1.165) is 5.75 Å². The number of nitrogens with zero attached hydrogens (tertiary/aromatic N) is 1. The summed E-state index contributed by atoms with van der Waals surface area (Å²) in [7, 11) is 1.87. The zero-order valence-electron chi connectivity index (χ0n) is 11.5. The SMILES string of the molecule is C#CCNC(=O)CN(C)CCOc1ccc(C)cc1. The number of ether oxygens (including phenoxy) is 1. The lowest BCUT2D eigenvalue weighted by Gasteiger charge is -2.16. The quantitative estimate of drug-likeness (QED) is 0.745. The van der Waals surface area contributed by atoms with Crippen LogP contribution in [0.4, 0.5) is 0 Å². The highest BCUT2D eigenvalue weighted by atomic mass is 16.5. The van der Waals surface area contributed by atoms with Gasteiger partial charge in [0, 0.05) is 6.54 Å². The van der Waals surface area contributed by atoms with Gasteiger partial charge in [-0.2, -0.15) is 0 Å². The molecule has 0 saturated heterocycles. The maximum absolute atomic E-state index is 11.4. The van der Waals surface area contributed by atoms with E-state index in [4.69, 9.17) is 11.2 Å². The van der Waals surface area contributed by atoms with Crippen LogP contribution in [-0.2, 0) is 4.79 Å². The van der Waals surface area contributed by atoms with Crippen molar-refractivity contribution in [2.75, 3.05) is 33.3 Å². The highest BCUT2D eigenvalue weighted by molar-refractivity contribution is 5.78. The molecule has 0 fully saturated rings. The average Bonchev–Trinajstić information content (AvgIpc) is 2.38. The zero-order chi connectivity index (χ0) is 14.1. The van der Waals surface area contributed by atoms with Crippen LogP contribution in [0.5, 0.6) is 5.75 Å². The number of carbonyl (C=O) groups excluding carboxylic acids is 1. The molecule has 1 amide bonds. The van der Waals surface area contributed by atoms with E-state index in [-0.39, 0.29) is 12.5 Å². The van der Waals surface area contributed by atoms with Crippen LogP contribution in [0.3, 0.4) is 0 Å². The molecule has 0 heterocycles. The minimum atomic E-state index is -0.0733. The van der Waals surface area contributed by atoms with Gasteiger partial charge < -0.3 is 10.1 Å². The largest absolute Gasteiger partial charge is 0.492 e. The number of amides is 1. The van der Waals surface area contributed by atoms with Gasteiger partial charge in [-0.25, -0.2) is 0 Å². The van der Waals surface area contributed by atoms with Gasteiger partial charge in [0.25, 0.3) is 0 Å². The Labute approximate surface area is 114 Å². The predicted molar refractivity (Wildman–Crippen MR) is 76.0 cm³/mol. The van der Waals surface area contributed by atoms with E-state index >= 15 is 0 Å². The van der Waals surface area contributed by atoms with Crippen LogP contribution in [0.25, 0.3) is 0 Å². The third-order valence-corrected chi connectivity index (χ3v) is 2.56. The minimum Gasteiger partial charge on any atom is -0.492 e. The number of aryl methyl sites for hydroxylation is 1. The van der Waals surface area contributed by atoms with Crippen molar-refractivity contribution in [1.82, 2.24) is 10.2 Å². The monoisotopic (exact) mass is 260 g/mol. The number of carbonyl (C=O) groups is 1. The van der Waals surface area contributed by atoms with E-state index in [1.54, 1.807) is 0 Å². The number of benzene rings is 1. The fraction of sp³-hybridized carbons (Fsp3) is 0.400. The van der Waals surface area contributed by atoms with Crippen molar-refractivity contribution in [3.8, 4) is 18.1 Å². The summed E-state index contributed by atoms with van der Waals surface area (Å²) in [4.78, 5) is 13.3. The number of hydrogen-bond donors (Lipinski definition) is 1. The first-order valence-electron chi connectivity index (χ1n) is 6.20. The summed E-state index contributed by atoms with van der Waals surface area (Å²) in [5.41, 5.74) is 1.20. The smallest absolute Gasteiger partial charge is 0.234 e. The van der Waals surface area contributed by atoms with Gasteiger partial charge in [-0.05, 0) is 26.1 Å². The Kier molecular flexibility index (Phi) is 6.48. The van der Waals surface area contributed by atoms with Gasteiger partial charge >= 0.3 is 0 Å². The van der Waals surface area contributed by atoms with Crippen molar-refractivity contribution in [2.24, 2.45) is 0 Å². The van der Waals surface area contributed by atoms with Crippen LogP contribution in [0.15, 0.2) is 24.3 Å². The summed E-state index contributed by atoms with van der Waals surface area (Å²) >= 11 is 0. The van der Waals surface area contributed by atoms with E-state index < -0.39 is 0 Å². The first kappa shape index (κ1) is 15.1. The molecule has 1 N–H and O–H groups in total. The fourth-order valence-corrected chi connectivity index (χ4v) is 1.48. The molecule has 0 radical (unpaired) electrons. The van der Waals surface area contributed by atoms with Gasteiger partial charge in [-0.1, -0.05) is 23.6 Å². The first-order valence-corrected chi connectivity index (χ1v) is 6.20. The van der Waals surface area contributed by atoms with Crippen LogP contribution in [0.1, 0.15) is 5.56 Å². The van der Waals surface area contributed by atoms with Crippen LogP contribution < -0.4 is 10.1 Å². The van der Waals surface area contributed by atoms with E-state index in [2.05, 4.69) is 11.2 Å². The Bertz CT molecular complexity index is 434. The first-order chi connectivity index (χ1) is 9.11. The lowest BCUT2D eigenvalue weighted by atomic mass is 10.2. The molecule has 0 aliphatic carbocycles. The molecule has 0 unspecified atom stereocenters. The molecular formula is C15H20N2O2. The lowest BCUT2D eigenvalue weighted by Crippen LogP contribution is -2.37. The van der Waals surface area contributed by atoms with Crippen molar-refractivity contribution < 1.29 is 9.53 Å². The van der Waals surface area contributed by atoms with Crippen LogP contribution in [0, 0.1) is 19.3 Å². The van der Waals surface area contributed by atoms with Gasteiger partial charge in [0.05, 0.1) is 13.1 Å². The van der Waals surface area contributed by atoms with E-state index in [1.807, 2.05) is 43.1 Å². The second-order valence-corrected chi connectivity index (χ2v) is 4.38. The average molecular weight is 260 g/mol. The Morgan fingerprint density at radius 3 is 2.74 bits per heavy atom. The summed E-state index contributed by atoms with van der Waals surface area (Å²) < 4.78 is 5.59. The fourth-order valence-electron chi connectivity index (χ4n) is 1.48. The molecule has 1 aromatic carbocycles. The molecule has 1 aromatic rings. The van der Waals surface area contributed by atoms with Crippen LogP contribution in [0.2, 0.25) is 0 Å². The Morgan fingerprint density at radius 1 is 1.42 bits per heavy atom. The number of terminal acetylenes is 1. The third-order valence-electron chi connectivity index (χ3n) is 2.56. The normalized spacial score (nSPS) is 10.0. The zero-order valence-corrected chi connectivity index (χ0v) is 11.5. The molecule has 1 rings (SSSR count). The van der Waals surface area contributed by atoms with Gasteiger partial charge in [-0.3, -0.25) is 9.69 Å². The molecule has 0 atom stereocenters. The number of nitrogens with one attached hydrogen (secondary N) is 1. The van der Waals surface area contributed by atoms with Crippen molar-refractivity contribution in [3.63, 3.8) is 0 Å². The summed E-state index contributed by atoms with van der Waals surface area (Å²) in [5, 5.41) is 2.62. The Morgan fingerprint density at radius 2 is 2.11 bits per heavy atom. The second-order valence-electron chi connectivity index (χ2n) is 4.38. The van der Waals surface area contributed by atoms with Gasteiger partial charge in [-0.15, -0.1) is 6.42 Å². The molecule has 4 heteroatoms.